The molecule has 1 aromatic rings. The van der Waals surface area contributed by atoms with Gasteiger partial charge in [0.2, 0.25) is 0 Å². The molecule has 1 atom stereocenters. The fourth-order valence-corrected chi connectivity index (χ4v) is 3.12. The van der Waals surface area contributed by atoms with Crippen molar-refractivity contribution in [3.63, 3.8) is 0 Å². The van der Waals surface area contributed by atoms with E-state index in [2.05, 4.69) is 18.7 Å². The molecular formula is C18H28N2O3. The Morgan fingerprint density at radius 2 is 2.00 bits per heavy atom. The maximum absolute atomic E-state index is 12.6. The second-order valence-electron chi connectivity index (χ2n) is 6.49. The number of methoxy groups -OCH3 is 1. The second-order valence-corrected chi connectivity index (χ2v) is 6.49. The van der Waals surface area contributed by atoms with Crippen molar-refractivity contribution in [2.75, 3.05) is 27.2 Å². The maximum atomic E-state index is 12.6. The van der Waals surface area contributed by atoms with Crippen molar-refractivity contribution in [1.29, 1.82) is 0 Å². The van der Waals surface area contributed by atoms with Crippen LogP contribution in [0.2, 0.25) is 0 Å². The molecule has 5 heteroatoms. The Balaban J connectivity index is 1.99. The highest BCUT2D eigenvalue weighted by Gasteiger charge is 2.30. The molecule has 2 rings (SSSR count). The number of nitrogens with zero attached hydrogens (tertiary/aromatic N) is 2. The van der Waals surface area contributed by atoms with Gasteiger partial charge in [-0.1, -0.05) is 12.1 Å². The van der Waals surface area contributed by atoms with E-state index in [1.165, 1.54) is 0 Å². The van der Waals surface area contributed by atoms with Crippen LogP contribution in [-0.4, -0.2) is 60.1 Å². The van der Waals surface area contributed by atoms with Crippen LogP contribution in [0.4, 0.5) is 0 Å². The highest BCUT2D eigenvalue weighted by atomic mass is 16.5. The summed E-state index contributed by atoms with van der Waals surface area (Å²) in [6, 6.07) is 7.77. The number of carbonyl (C=O) groups is 1. The Labute approximate surface area is 138 Å². The molecule has 1 amide bonds. The summed E-state index contributed by atoms with van der Waals surface area (Å²) in [5, 5.41) is 10.4. The average Bonchev–Trinajstić information content (AvgIpc) is 2.59. The largest absolute Gasteiger partial charge is 0.497 e. The van der Waals surface area contributed by atoms with Crippen LogP contribution in [0.15, 0.2) is 24.3 Å². The van der Waals surface area contributed by atoms with E-state index in [9.17, 15) is 9.90 Å². The van der Waals surface area contributed by atoms with E-state index in [0.717, 1.165) is 25.9 Å². The highest BCUT2D eigenvalue weighted by molar-refractivity contribution is 5.82. The van der Waals surface area contributed by atoms with E-state index < -0.39 is 6.10 Å². The summed E-state index contributed by atoms with van der Waals surface area (Å²) in [6.07, 6.45) is 0.759. The number of aliphatic hydroxyl groups is 1. The molecule has 0 bridgehead atoms. The molecule has 1 fully saturated rings. The Kier molecular flexibility index (Phi) is 6.02. The van der Waals surface area contributed by atoms with Crippen LogP contribution < -0.4 is 4.74 Å². The van der Waals surface area contributed by atoms with Gasteiger partial charge < -0.3 is 19.6 Å². The summed E-state index contributed by atoms with van der Waals surface area (Å²) in [4.78, 5) is 16.7. The molecule has 1 saturated heterocycles. The van der Waals surface area contributed by atoms with Crippen molar-refractivity contribution in [2.24, 2.45) is 0 Å². The minimum Gasteiger partial charge on any atom is -0.497 e. The first-order chi connectivity index (χ1) is 10.9. The third-order valence-corrected chi connectivity index (χ3v) is 4.77. The van der Waals surface area contributed by atoms with E-state index in [-0.39, 0.29) is 11.9 Å². The molecule has 0 aliphatic carbocycles. The first-order valence-electron chi connectivity index (χ1n) is 8.26. The number of carbonyl (C=O) groups excluding carboxylic acids is 1. The number of hydrogen-bond donors (Lipinski definition) is 1. The molecule has 1 aromatic carbocycles. The van der Waals surface area contributed by atoms with Crippen LogP contribution in [-0.2, 0) is 4.79 Å². The monoisotopic (exact) mass is 320 g/mol. The van der Waals surface area contributed by atoms with Gasteiger partial charge in [-0.3, -0.25) is 4.79 Å². The summed E-state index contributed by atoms with van der Waals surface area (Å²) in [7, 11) is 3.36. The van der Waals surface area contributed by atoms with Crippen LogP contribution in [0.3, 0.4) is 0 Å². The molecule has 1 aliphatic heterocycles. The lowest BCUT2D eigenvalue weighted by atomic mass is 10.0. The number of aliphatic hydroxyl groups excluding tert-OH is 1. The Bertz CT molecular complexity index is 525. The molecular weight excluding hydrogens is 292 g/mol. The highest BCUT2D eigenvalue weighted by Crippen LogP contribution is 2.24. The van der Waals surface area contributed by atoms with E-state index >= 15 is 0 Å². The van der Waals surface area contributed by atoms with Crippen LogP contribution in [0.5, 0.6) is 5.75 Å². The van der Waals surface area contributed by atoms with Crippen LogP contribution in [0.25, 0.3) is 0 Å². The Hall–Kier alpha value is -1.59. The summed E-state index contributed by atoms with van der Waals surface area (Å²) < 4.78 is 5.15. The van der Waals surface area contributed by atoms with Gasteiger partial charge in [0.1, 0.15) is 5.75 Å². The van der Waals surface area contributed by atoms with E-state index in [0.29, 0.717) is 17.4 Å². The Morgan fingerprint density at radius 1 is 1.35 bits per heavy atom. The lowest BCUT2D eigenvalue weighted by Gasteiger charge is -2.39. The molecule has 1 unspecified atom stereocenters. The van der Waals surface area contributed by atoms with Crippen molar-refractivity contribution in [2.45, 2.75) is 44.9 Å². The maximum Gasteiger partial charge on any atom is 0.256 e. The standard InChI is InChI=1S/C18H28N2O3/c1-13(2)20-10-8-15(9-11-20)19(3)18(22)17(21)14-6-5-7-16(12-14)23-4/h5-7,12-13,15,17,21H,8-11H2,1-4H3. The van der Waals surface area contributed by atoms with E-state index in [1.54, 1.807) is 43.3 Å². The van der Waals surface area contributed by atoms with Crippen molar-refractivity contribution in [3.05, 3.63) is 29.8 Å². The van der Waals surface area contributed by atoms with Gasteiger partial charge in [-0.05, 0) is 44.4 Å². The molecule has 1 heterocycles. The zero-order valence-electron chi connectivity index (χ0n) is 14.5. The molecule has 23 heavy (non-hydrogen) atoms. The fourth-order valence-electron chi connectivity index (χ4n) is 3.12. The van der Waals surface area contributed by atoms with Gasteiger partial charge in [0, 0.05) is 32.2 Å². The lowest BCUT2D eigenvalue weighted by molar-refractivity contribution is -0.142. The van der Waals surface area contributed by atoms with Crippen LogP contribution in [0.1, 0.15) is 38.4 Å². The quantitative estimate of drug-likeness (QED) is 0.902. The summed E-state index contributed by atoms with van der Waals surface area (Å²) in [6.45, 7) is 6.38. The topological polar surface area (TPSA) is 53.0 Å². The Morgan fingerprint density at radius 3 is 2.57 bits per heavy atom. The number of benzene rings is 1. The third kappa shape index (κ3) is 4.24. The molecule has 1 aliphatic rings. The summed E-state index contributed by atoms with van der Waals surface area (Å²) in [5.74, 6) is 0.392. The number of hydrogen-bond acceptors (Lipinski definition) is 4. The van der Waals surface area contributed by atoms with Crippen molar-refractivity contribution in [3.8, 4) is 5.75 Å². The van der Waals surface area contributed by atoms with Gasteiger partial charge in [-0.25, -0.2) is 0 Å². The third-order valence-electron chi connectivity index (χ3n) is 4.77. The van der Waals surface area contributed by atoms with E-state index in [1.807, 2.05) is 0 Å². The number of piperidine rings is 1. The van der Waals surface area contributed by atoms with Gasteiger partial charge in [0.05, 0.1) is 7.11 Å². The van der Waals surface area contributed by atoms with Crippen molar-refractivity contribution >= 4 is 5.91 Å². The predicted octanol–water partition coefficient (Wildman–Crippen LogP) is 2.06. The first kappa shape index (κ1) is 17.8. The molecule has 128 valence electrons. The average molecular weight is 320 g/mol. The number of likely N-dealkylation sites (tertiary alicyclic amines) is 1. The normalized spacial score (nSPS) is 18.0. The van der Waals surface area contributed by atoms with Gasteiger partial charge in [-0.2, -0.15) is 0 Å². The number of likely N-dealkylation sites (N-methyl/N-ethyl adjacent to an activating group) is 1. The lowest BCUT2D eigenvalue weighted by Crippen LogP contribution is -2.48. The zero-order valence-corrected chi connectivity index (χ0v) is 14.5. The predicted molar refractivity (Wildman–Crippen MR) is 90.5 cm³/mol. The molecule has 0 radical (unpaired) electrons. The minimum absolute atomic E-state index is 0.192. The first-order valence-corrected chi connectivity index (χ1v) is 8.26. The fraction of sp³-hybridized carbons (Fsp3) is 0.611. The molecule has 5 nitrogen and oxygen atoms in total. The SMILES string of the molecule is COc1cccc(C(O)C(=O)N(C)C2CCN(C(C)C)CC2)c1. The van der Waals surface area contributed by atoms with Crippen molar-refractivity contribution < 1.29 is 14.6 Å². The minimum atomic E-state index is -1.14. The van der Waals surface area contributed by atoms with Gasteiger partial charge in [0.25, 0.3) is 5.91 Å². The molecule has 0 saturated carbocycles. The summed E-state index contributed by atoms with van der Waals surface area (Å²) in [5.41, 5.74) is 0.570. The summed E-state index contributed by atoms with van der Waals surface area (Å²) >= 11 is 0. The van der Waals surface area contributed by atoms with Crippen molar-refractivity contribution in [1.82, 2.24) is 9.80 Å². The number of ether oxygens (including phenoxy) is 1. The van der Waals surface area contributed by atoms with Crippen LogP contribution >= 0.6 is 0 Å². The van der Waals surface area contributed by atoms with Gasteiger partial charge >= 0.3 is 0 Å². The number of amides is 1. The molecule has 0 aromatic heterocycles. The molecule has 1 N–H and O–H groups in total. The smallest absolute Gasteiger partial charge is 0.256 e. The number of rotatable bonds is 5. The second kappa shape index (κ2) is 7.79. The van der Waals surface area contributed by atoms with Crippen LogP contribution in [0, 0.1) is 0 Å². The zero-order chi connectivity index (χ0) is 17.0. The van der Waals surface area contributed by atoms with Gasteiger partial charge in [-0.15, -0.1) is 0 Å². The van der Waals surface area contributed by atoms with Gasteiger partial charge in [0.15, 0.2) is 6.10 Å². The van der Waals surface area contributed by atoms with E-state index in [4.69, 9.17) is 4.74 Å². The molecule has 0 spiro atoms.